The van der Waals surface area contributed by atoms with Crippen molar-refractivity contribution in [3.63, 3.8) is 0 Å². The van der Waals surface area contributed by atoms with Crippen LogP contribution in [-0.2, 0) is 13.1 Å². The first-order valence-corrected chi connectivity index (χ1v) is 7.32. The lowest BCUT2D eigenvalue weighted by molar-refractivity contribution is 0.145. The van der Waals surface area contributed by atoms with Crippen molar-refractivity contribution in [3.05, 3.63) is 35.4 Å². The van der Waals surface area contributed by atoms with Gasteiger partial charge in [0.05, 0.1) is 6.61 Å². The summed E-state index contributed by atoms with van der Waals surface area (Å²) in [4.78, 5) is 2.50. The average molecular weight is 262 g/mol. The van der Waals surface area contributed by atoms with Crippen molar-refractivity contribution in [1.29, 1.82) is 0 Å². The molecule has 1 heterocycles. The zero-order valence-electron chi connectivity index (χ0n) is 12.2. The fraction of sp³-hybridized carbons (Fsp3) is 0.625. The summed E-state index contributed by atoms with van der Waals surface area (Å²) in [5.41, 5.74) is 2.85. The molecule has 2 rings (SSSR count). The number of nitrogens with zero attached hydrogens (tertiary/aromatic N) is 1. The quantitative estimate of drug-likeness (QED) is 0.790. The first kappa shape index (κ1) is 14.5. The number of aliphatic hydroxyl groups is 1. The first-order chi connectivity index (χ1) is 9.23. The van der Waals surface area contributed by atoms with Gasteiger partial charge in [-0.2, -0.15) is 0 Å². The fourth-order valence-electron chi connectivity index (χ4n) is 2.95. The van der Waals surface area contributed by atoms with E-state index in [1.165, 1.54) is 11.1 Å². The smallest absolute Gasteiger partial charge is 0.0613 e. The van der Waals surface area contributed by atoms with Gasteiger partial charge in [0.15, 0.2) is 0 Å². The van der Waals surface area contributed by atoms with E-state index in [-0.39, 0.29) is 12.1 Å². The molecular formula is C16H26N2O. The molecule has 1 aromatic carbocycles. The lowest BCUT2D eigenvalue weighted by Crippen LogP contribution is -2.46. The second kappa shape index (κ2) is 6.51. The second-order valence-corrected chi connectivity index (χ2v) is 5.62. The van der Waals surface area contributed by atoms with Gasteiger partial charge in [-0.3, -0.25) is 4.90 Å². The Morgan fingerprint density at radius 3 is 2.37 bits per heavy atom. The maximum absolute atomic E-state index is 9.53. The summed E-state index contributed by atoms with van der Waals surface area (Å²) in [6.45, 7) is 5.62. The molecule has 0 bridgehead atoms. The van der Waals surface area contributed by atoms with Crippen LogP contribution < -0.4 is 5.32 Å². The summed E-state index contributed by atoms with van der Waals surface area (Å²) in [5, 5.41) is 12.8. The van der Waals surface area contributed by atoms with Crippen molar-refractivity contribution < 1.29 is 5.11 Å². The van der Waals surface area contributed by atoms with Crippen LogP contribution in [0.15, 0.2) is 24.3 Å². The van der Waals surface area contributed by atoms with Gasteiger partial charge in [-0.15, -0.1) is 0 Å². The van der Waals surface area contributed by atoms with Crippen LogP contribution in [0.1, 0.15) is 37.3 Å². The molecule has 1 unspecified atom stereocenters. The molecule has 2 N–H and O–H groups in total. The van der Waals surface area contributed by atoms with Crippen LogP contribution in [0.25, 0.3) is 0 Å². The van der Waals surface area contributed by atoms with Gasteiger partial charge in [-0.1, -0.05) is 31.2 Å². The van der Waals surface area contributed by atoms with Gasteiger partial charge in [0, 0.05) is 18.6 Å². The minimum Gasteiger partial charge on any atom is -0.394 e. The Balaban J connectivity index is 1.79. The number of aliphatic hydroxyl groups excluding tert-OH is 1. The summed E-state index contributed by atoms with van der Waals surface area (Å²) in [6, 6.07) is 8.70. The number of benzene rings is 1. The highest BCUT2D eigenvalue weighted by Crippen LogP contribution is 2.23. The predicted molar refractivity (Wildman–Crippen MR) is 79.0 cm³/mol. The highest BCUT2D eigenvalue weighted by atomic mass is 16.3. The van der Waals surface area contributed by atoms with E-state index >= 15 is 0 Å². The number of rotatable bonds is 7. The Hall–Kier alpha value is -0.900. The Labute approximate surface area is 116 Å². The number of nitrogens with one attached hydrogen (secondary N) is 1. The zero-order valence-corrected chi connectivity index (χ0v) is 12.2. The summed E-state index contributed by atoms with van der Waals surface area (Å²) in [6.07, 6.45) is 3.13. The fourth-order valence-corrected chi connectivity index (χ4v) is 2.95. The maximum atomic E-state index is 9.53. The van der Waals surface area contributed by atoms with E-state index in [4.69, 9.17) is 0 Å². The molecule has 0 saturated carbocycles. The summed E-state index contributed by atoms with van der Waals surface area (Å²) in [7, 11) is 1.95. The standard InChI is InChI=1S/C16H26N2O/c1-3-16(13-19,17-2)9-6-10-18-11-14-7-4-5-8-15(14)12-18/h4-5,7-8,17,19H,3,6,9-13H2,1-2H3. The van der Waals surface area contributed by atoms with E-state index in [0.29, 0.717) is 0 Å². The summed E-state index contributed by atoms with van der Waals surface area (Å²) >= 11 is 0. The summed E-state index contributed by atoms with van der Waals surface area (Å²) in [5.74, 6) is 0. The molecule has 0 fully saturated rings. The molecule has 1 aliphatic heterocycles. The topological polar surface area (TPSA) is 35.5 Å². The third-order valence-electron chi connectivity index (χ3n) is 4.55. The molecule has 3 heteroatoms. The minimum atomic E-state index is -0.0907. The van der Waals surface area contributed by atoms with Crippen molar-refractivity contribution in [2.75, 3.05) is 20.2 Å². The van der Waals surface area contributed by atoms with Gasteiger partial charge in [0.25, 0.3) is 0 Å². The second-order valence-electron chi connectivity index (χ2n) is 5.62. The van der Waals surface area contributed by atoms with Crippen LogP contribution in [0.2, 0.25) is 0 Å². The number of hydrogen-bond acceptors (Lipinski definition) is 3. The Kier molecular flexibility index (Phi) is 4.97. The monoisotopic (exact) mass is 262 g/mol. The Bertz CT molecular complexity index is 368. The Morgan fingerprint density at radius 2 is 1.89 bits per heavy atom. The molecule has 106 valence electrons. The average Bonchev–Trinajstić information content (AvgIpc) is 2.87. The number of hydrogen-bond donors (Lipinski definition) is 2. The van der Waals surface area contributed by atoms with E-state index in [9.17, 15) is 5.11 Å². The molecule has 1 atom stereocenters. The minimum absolute atomic E-state index is 0.0907. The number of fused-ring (bicyclic) bond motifs is 1. The normalized spacial score (nSPS) is 18.3. The highest BCUT2D eigenvalue weighted by Gasteiger charge is 2.25. The van der Waals surface area contributed by atoms with Crippen LogP contribution in [0.5, 0.6) is 0 Å². The van der Waals surface area contributed by atoms with Crippen molar-refractivity contribution >= 4 is 0 Å². The van der Waals surface area contributed by atoms with E-state index in [1.807, 2.05) is 7.05 Å². The molecule has 0 amide bonds. The first-order valence-electron chi connectivity index (χ1n) is 7.32. The van der Waals surface area contributed by atoms with Gasteiger partial charge in [0.1, 0.15) is 0 Å². The van der Waals surface area contributed by atoms with Gasteiger partial charge in [0.2, 0.25) is 0 Å². The molecular weight excluding hydrogens is 236 g/mol. The van der Waals surface area contributed by atoms with E-state index < -0.39 is 0 Å². The van der Waals surface area contributed by atoms with Crippen molar-refractivity contribution in [2.45, 2.75) is 44.8 Å². The molecule has 0 radical (unpaired) electrons. The molecule has 0 aliphatic carbocycles. The van der Waals surface area contributed by atoms with E-state index in [1.54, 1.807) is 0 Å². The lowest BCUT2D eigenvalue weighted by Gasteiger charge is -2.31. The van der Waals surface area contributed by atoms with Crippen LogP contribution in [-0.4, -0.2) is 35.7 Å². The third-order valence-corrected chi connectivity index (χ3v) is 4.55. The molecule has 0 aromatic heterocycles. The van der Waals surface area contributed by atoms with Crippen LogP contribution in [0.4, 0.5) is 0 Å². The number of likely N-dealkylation sites (N-methyl/N-ethyl adjacent to an activating group) is 1. The van der Waals surface area contributed by atoms with Gasteiger partial charge >= 0.3 is 0 Å². The third kappa shape index (κ3) is 3.35. The predicted octanol–water partition coefficient (Wildman–Crippen LogP) is 2.14. The van der Waals surface area contributed by atoms with Gasteiger partial charge in [-0.05, 0) is 44.0 Å². The SMILES string of the molecule is CCC(CO)(CCCN1Cc2ccccc2C1)NC. The molecule has 1 aromatic rings. The van der Waals surface area contributed by atoms with Crippen molar-refractivity contribution in [2.24, 2.45) is 0 Å². The molecule has 1 aliphatic rings. The van der Waals surface area contributed by atoms with Crippen LogP contribution in [0.3, 0.4) is 0 Å². The van der Waals surface area contributed by atoms with Crippen LogP contribution in [0, 0.1) is 0 Å². The Morgan fingerprint density at radius 1 is 1.26 bits per heavy atom. The van der Waals surface area contributed by atoms with E-state index in [2.05, 4.69) is 41.4 Å². The largest absolute Gasteiger partial charge is 0.394 e. The van der Waals surface area contributed by atoms with Gasteiger partial charge in [-0.25, -0.2) is 0 Å². The van der Waals surface area contributed by atoms with Crippen LogP contribution >= 0.6 is 0 Å². The lowest BCUT2D eigenvalue weighted by atomic mass is 9.91. The maximum Gasteiger partial charge on any atom is 0.0613 e. The highest BCUT2D eigenvalue weighted by molar-refractivity contribution is 5.30. The van der Waals surface area contributed by atoms with Crippen molar-refractivity contribution in [3.8, 4) is 0 Å². The summed E-state index contributed by atoms with van der Waals surface area (Å²) < 4.78 is 0. The molecule has 3 nitrogen and oxygen atoms in total. The molecule has 0 saturated heterocycles. The zero-order chi connectivity index (χ0) is 13.7. The van der Waals surface area contributed by atoms with E-state index in [0.717, 1.165) is 38.9 Å². The van der Waals surface area contributed by atoms with Crippen molar-refractivity contribution in [1.82, 2.24) is 10.2 Å². The van der Waals surface area contributed by atoms with Gasteiger partial charge < -0.3 is 10.4 Å². The molecule has 0 spiro atoms. The molecule has 19 heavy (non-hydrogen) atoms.